The van der Waals surface area contributed by atoms with E-state index in [1.807, 2.05) is 25.1 Å². The van der Waals surface area contributed by atoms with Crippen molar-refractivity contribution in [2.75, 3.05) is 31.8 Å². The van der Waals surface area contributed by atoms with E-state index in [4.69, 9.17) is 19.2 Å². The Balaban J connectivity index is 1.60. The summed E-state index contributed by atoms with van der Waals surface area (Å²) in [5.41, 5.74) is 3.22. The summed E-state index contributed by atoms with van der Waals surface area (Å²) in [4.78, 5) is 19.8. The molecule has 1 aromatic heterocycles. The van der Waals surface area contributed by atoms with Crippen molar-refractivity contribution in [3.63, 3.8) is 0 Å². The highest BCUT2D eigenvalue weighted by Gasteiger charge is 2.27. The van der Waals surface area contributed by atoms with Gasteiger partial charge in [0, 0.05) is 6.61 Å². The highest BCUT2D eigenvalue weighted by molar-refractivity contribution is 7.22. The molecule has 1 atom stereocenters. The molecule has 0 aliphatic carbocycles. The second kappa shape index (κ2) is 9.02. The van der Waals surface area contributed by atoms with Crippen molar-refractivity contribution in [1.29, 1.82) is 0 Å². The number of carbonyl (C=O) groups is 1. The molecule has 30 heavy (non-hydrogen) atoms. The first-order chi connectivity index (χ1) is 14.6. The normalized spacial score (nSPS) is 16.0. The third kappa shape index (κ3) is 4.27. The number of benzene rings is 2. The van der Waals surface area contributed by atoms with Crippen molar-refractivity contribution in [3.05, 3.63) is 47.5 Å². The Bertz CT molecular complexity index is 1000. The summed E-state index contributed by atoms with van der Waals surface area (Å²) < 4.78 is 18.0. The van der Waals surface area contributed by atoms with E-state index in [1.54, 1.807) is 29.4 Å². The number of thiazole rings is 1. The Morgan fingerprint density at radius 2 is 1.97 bits per heavy atom. The first-order valence-corrected chi connectivity index (χ1v) is 10.9. The highest BCUT2D eigenvalue weighted by Crippen LogP contribution is 2.34. The van der Waals surface area contributed by atoms with Crippen LogP contribution in [0.25, 0.3) is 10.2 Å². The molecule has 7 heteroatoms. The number of aryl methyl sites for hydroxylation is 2. The van der Waals surface area contributed by atoms with Gasteiger partial charge in [-0.05, 0) is 49.9 Å². The molecule has 2 heterocycles. The average Bonchev–Trinajstić information content (AvgIpc) is 3.43. The Hall–Kier alpha value is -2.64. The van der Waals surface area contributed by atoms with Crippen molar-refractivity contribution in [3.8, 4) is 11.5 Å². The van der Waals surface area contributed by atoms with Gasteiger partial charge in [0.25, 0.3) is 5.91 Å². The lowest BCUT2D eigenvalue weighted by atomic mass is 10.1. The summed E-state index contributed by atoms with van der Waals surface area (Å²) >= 11 is 1.55. The van der Waals surface area contributed by atoms with Crippen LogP contribution in [0.2, 0.25) is 0 Å². The van der Waals surface area contributed by atoms with Crippen LogP contribution in [-0.4, -0.2) is 43.9 Å². The van der Waals surface area contributed by atoms with Crippen molar-refractivity contribution in [2.45, 2.75) is 32.8 Å². The lowest BCUT2D eigenvalue weighted by Gasteiger charge is -2.23. The number of aromatic nitrogens is 1. The summed E-state index contributed by atoms with van der Waals surface area (Å²) in [5.74, 6) is 0.995. The van der Waals surface area contributed by atoms with Gasteiger partial charge in [-0.25, -0.2) is 4.98 Å². The molecule has 3 aromatic rings. The van der Waals surface area contributed by atoms with Crippen LogP contribution >= 0.6 is 11.3 Å². The number of hydrogen-bond donors (Lipinski definition) is 0. The van der Waals surface area contributed by atoms with Crippen LogP contribution < -0.4 is 14.4 Å². The Labute approximate surface area is 180 Å². The molecule has 0 saturated carbocycles. The van der Waals surface area contributed by atoms with E-state index in [0.717, 1.165) is 40.8 Å². The molecule has 0 bridgehead atoms. The number of anilines is 1. The maximum Gasteiger partial charge on any atom is 0.266 e. The molecule has 1 amide bonds. The predicted octanol–water partition coefficient (Wildman–Crippen LogP) is 4.51. The van der Waals surface area contributed by atoms with Gasteiger partial charge in [0.15, 0.2) is 23.2 Å². The number of carbonyl (C=O) groups excluding carboxylic acids is 1. The van der Waals surface area contributed by atoms with E-state index in [9.17, 15) is 4.79 Å². The molecule has 1 fully saturated rings. The highest BCUT2D eigenvalue weighted by atomic mass is 32.1. The van der Waals surface area contributed by atoms with Crippen LogP contribution in [0, 0.1) is 13.8 Å². The van der Waals surface area contributed by atoms with E-state index in [-0.39, 0.29) is 18.6 Å². The Morgan fingerprint density at radius 1 is 1.20 bits per heavy atom. The van der Waals surface area contributed by atoms with Gasteiger partial charge in [-0.2, -0.15) is 0 Å². The molecule has 158 valence electrons. The molecular weight excluding hydrogens is 400 g/mol. The summed E-state index contributed by atoms with van der Waals surface area (Å²) in [6, 6.07) is 11.5. The summed E-state index contributed by atoms with van der Waals surface area (Å²) in [7, 11) is 1.58. The third-order valence-electron chi connectivity index (χ3n) is 5.29. The van der Waals surface area contributed by atoms with E-state index < -0.39 is 0 Å². The average molecular weight is 427 g/mol. The molecule has 0 N–H and O–H groups in total. The minimum absolute atomic E-state index is 0.0226. The van der Waals surface area contributed by atoms with Gasteiger partial charge in [0.05, 0.1) is 30.0 Å². The van der Waals surface area contributed by atoms with Gasteiger partial charge in [-0.15, -0.1) is 0 Å². The van der Waals surface area contributed by atoms with Gasteiger partial charge in [-0.3, -0.25) is 9.69 Å². The zero-order chi connectivity index (χ0) is 21.1. The topological polar surface area (TPSA) is 60.9 Å². The van der Waals surface area contributed by atoms with E-state index in [0.29, 0.717) is 23.2 Å². The number of hydrogen-bond acceptors (Lipinski definition) is 6. The molecule has 1 aliphatic rings. The summed E-state index contributed by atoms with van der Waals surface area (Å²) in [6.07, 6.45) is 1.98. The van der Waals surface area contributed by atoms with Gasteiger partial charge >= 0.3 is 0 Å². The molecule has 4 rings (SSSR count). The molecule has 2 aromatic carbocycles. The molecular formula is C23H26N2O4S. The number of amides is 1. The lowest BCUT2D eigenvalue weighted by molar-refractivity contribution is -0.121. The van der Waals surface area contributed by atoms with E-state index >= 15 is 0 Å². The third-order valence-corrected chi connectivity index (χ3v) is 6.51. The van der Waals surface area contributed by atoms with Gasteiger partial charge in [0.2, 0.25) is 0 Å². The fraction of sp³-hybridized carbons (Fsp3) is 0.391. The van der Waals surface area contributed by atoms with E-state index in [2.05, 4.69) is 19.1 Å². The molecule has 1 aliphatic heterocycles. The van der Waals surface area contributed by atoms with Gasteiger partial charge in [0.1, 0.15) is 0 Å². The number of methoxy groups -OCH3 is 1. The lowest BCUT2D eigenvalue weighted by Crippen LogP contribution is -2.40. The summed E-state index contributed by atoms with van der Waals surface area (Å²) in [5, 5.41) is 0.687. The standard InChI is InChI=1S/C23H26N2O4S/c1-15-10-11-16(2)22-21(15)24-23(30-22)25(13-17-7-6-12-28-17)20(26)14-29-19-9-5-4-8-18(19)27-3/h4-5,8-11,17H,6-7,12-14H2,1-3H3. The minimum Gasteiger partial charge on any atom is -0.493 e. The monoisotopic (exact) mass is 426 g/mol. The first-order valence-electron chi connectivity index (χ1n) is 10.1. The van der Waals surface area contributed by atoms with Crippen molar-refractivity contribution < 1.29 is 19.0 Å². The maximum absolute atomic E-state index is 13.2. The van der Waals surface area contributed by atoms with Gasteiger partial charge < -0.3 is 14.2 Å². The van der Waals surface area contributed by atoms with Crippen molar-refractivity contribution in [1.82, 2.24) is 4.98 Å². The fourth-order valence-electron chi connectivity index (χ4n) is 3.60. The Kier molecular flexibility index (Phi) is 6.20. The van der Waals surface area contributed by atoms with Gasteiger partial charge in [-0.1, -0.05) is 35.6 Å². The Morgan fingerprint density at radius 3 is 2.67 bits per heavy atom. The molecule has 1 unspecified atom stereocenters. The molecule has 0 radical (unpaired) electrons. The van der Waals surface area contributed by atoms with Crippen LogP contribution in [0.15, 0.2) is 36.4 Å². The smallest absolute Gasteiger partial charge is 0.266 e. The number of rotatable bonds is 7. The number of para-hydroxylation sites is 2. The number of fused-ring (bicyclic) bond motifs is 1. The minimum atomic E-state index is -0.147. The largest absolute Gasteiger partial charge is 0.493 e. The van der Waals surface area contributed by atoms with Crippen LogP contribution in [0.1, 0.15) is 24.0 Å². The second-order valence-electron chi connectivity index (χ2n) is 7.45. The number of nitrogens with zero attached hydrogens (tertiary/aromatic N) is 2. The number of ether oxygens (including phenoxy) is 3. The zero-order valence-electron chi connectivity index (χ0n) is 17.5. The SMILES string of the molecule is COc1ccccc1OCC(=O)N(CC1CCCO1)c1nc2c(C)ccc(C)c2s1. The van der Waals surface area contributed by atoms with Crippen LogP contribution in [-0.2, 0) is 9.53 Å². The second-order valence-corrected chi connectivity index (χ2v) is 8.43. The fourth-order valence-corrected chi connectivity index (χ4v) is 4.74. The van der Waals surface area contributed by atoms with Crippen LogP contribution in [0.4, 0.5) is 5.13 Å². The quantitative estimate of drug-likeness (QED) is 0.556. The van der Waals surface area contributed by atoms with Crippen LogP contribution in [0.3, 0.4) is 0 Å². The van der Waals surface area contributed by atoms with Crippen molar-refractivity contribution in [2.24, 2.45) is 0 Å². The molecule has 0 spiro atoms. The molecule has 1 saturated heterocycles. The zero-order valence-corrected chi connectivity index (χ0v) is 18.3. The first kappa shape index (κ1) is 20.6. The summed E-state index contributed by atoms with van der Waals surface area (Å²) in [6.45, 7) is 5.23. The van der Waals surface area contributed by atoms with E-state index in [1.165, 1.54) is 0 Å². The van der Waals surface area contributed by atoms with Crippen molar-refractivity contribution >= 4 is 32.6 Å². The maximum atomic E-state index is 13.2. The molecule has 6 nitrogen and oxygen atoms in total. The predicted molar refractivity (Wildman–Crippen MR) is 119 cm³/mol. The van der Waals surface area contributed by atoms with Crippen LogP contribution in [0.5, 0.6) is 11.5 Å².